The molecule has 86 valence electrons. The number of hydrogen-bond donors (Lipinski definition) is 2. The molecular weight excluding hydrogens is 212 g/mol. The number of esters is 1. The number of benzene rings is 1. The lowest BCUT2D eigenvalue weighted by atomic mass is 9.96. The fraction of sp³-hybridized carbons (Fsp3) is 0.364. The summed E-state index contributed by atoms with van der Waals surface area (Å²) >= 11 is 0. The Kier molecular flexibility index (Phi) is 2.38. The van der Waals surface area contributed by atoms with E-state index < -0.39 is 5.97 Å². The Balaban J connectivity index is 2.69. The average molecular weight is 224 g/mol. The number of rotatable bonds is 1. The molecule has 1 aromatic rings. The molecule has 0 fully saturated rings. The van der Waals surface area contributed by atoms with Gasteiger partial charge >= 0.3 is 5.97 Å². The first kappa shape index (κ1) is 10.6. The summed E-state index contributed by atoms with van der Waals surface area (Å²) in [4.78, 5) is 11.7. The van der Waals surface area contributed by atoms with Gasteiger partial charge in [-0.2, -0.15) is 0 Å². The van der Waals surface area contributed by atoms with Crippen LogP contribution >= 0.6 is 0 Å². The third-order valence-electron chi connectivity index (χ3n) is 2.55. The summed E-state index contributed by atoms with van der Waals surface area (Å²) in [6, 6.07) is 1.17. The molecule has 0 amide bonds. The molecule has 0 bridgehead atoms. The Morgan fingerprint density at radius 1 is 1.44 bits per heavy atom. The molecule has 0 unspecified atom stereocenters. The van der Waals surface area contributed by atoms with E-state index in [2.05, 4.69) is 0 Å². The van der Waals surface area contributed by atoms with E-state index in [1.54, 1.807) is 6.92 Å². The molecule has 0 aromatic heterocycles. The number of cyclic esters (lactones) is 1. The second kappa shape index (κ2) is 3.59. The second-order valence-electron chi connectivity index (χ2n) is 3.72. The number of ether oxygens (including phenoxy) is 2. The molecule has 0 saturated carbocycles. The Morgan fingerprint density at radius 3 is 2.75 bits per heavy atom. The molecule has 0 saturated heterocycles. The van der Waals surface area contributed by atoms with E-state index in [1.807, 2.05) is 0 Å². The Bertz CT molecular complexity index is 452. The molecule has 2 rings (SSSR count). The van der Waals surface area contributed by atoms with E-state index in [-0.39, 0.29) is 28.9 Å². The summed E-state index contributed by atoms with van der Waals surface area (Å²) in [7, 11) is 1.34. The quantitative estimate of drug-likeness (QED) is 0.701. The van der Waals surface area contributed by atoms with E-state index in [0.29, 0.717) is 12.0 Å². The van der Waals surface area contributed by atoms with Crippen LogP contribution in [0.25, 0.3) is 0 Å². The van der Waals surface area contributed by atoms with Crippen LogP contribution in [0.5, 0.6) is 17.2 Å². The largest absolute Gasteiger partial charge is 0.507 e. The van der Waals surface area contributed by atoms with Crippen molar-refractivity contribution in [1.29, 1.82) is 0 Å². The molecule has 0 aliphatic carbocycles. The Labute approximate surface area is 92.2 Å². The van der Waals surface area contributed by atoms with Gasteiger partial charge in [0.25, 0.3) is 0 Å². The number of aromatic hydroxyl groups is 2. The van der Waals surface area contributed by atoms with E-state index >= 15 is 0 Å². The van der Waals surface area contributed by atoms with Crippen LogP contribution in [-0.4, -0.2) is 29.4 Å². The molecule has 1 atom stereocenters. The van der Waals surface area contributed by atoms with Crippen molar-refractivity contribution < 1.29 is 24.5 Å². The average Bonchev–Trinajstić information content (AvgIpc) is 2.20. The molecular formula is C11H12O5. The maximum absolute atomic E-state index is 11.7. The van der Waals surface area contributed by atoms with Gasteiger partial charge in [0.05, 0.1) is 7.11 Å². The van der Waals surface area contributed by atoms with Crippen molar-refractivity contribution in [3.63, 3.8) is 0 Å². The van der Waals surface area contributed by atoms with Crippen LogP contribution in [0.15, 0.2) is 6.07 Å². The maximum atomic E-state index is 11.7. The topological polar surface area (TPSA) is 76.0 Å². The first-order valence-electron chi connectivity index (χ1n) is 4.87. The molecule has 16 heavy (non-hydrogen) atoms. The van der Waals surface area contributed by atoms with Crippen LogP contribution in [0.1, 0.15) is 22.8 Å². The molecule has 2 N–H and O–H groups in total. The van der Waals surface area contributed by atoms with Crippen LogP contribution in [0.2, 0.25) is 0 Å². The summed E-state index contributed by atoms with van der Waals surface area (Å²) < 4.78 is 9.97. The van der Waals surface area contributed by atoms with Crippen LogP contribution in [0, 0.1) is 0 Å². The van der Waals surface area contributed by atoms with Crippen LogP contribution in [0.4, 0.5) is 0 Å². The van der Waals surface area contributed by atoms with E-state index in [0.717, 1.165) is 0 Å². The minimum Gasteiger partial charge on any atom is -0.507 e. The van der Waals surface area contributed by atoms with Gasteiger partial charge in [-0.3, -0.25) is 0 Å². The zero-order valence-electron chi connectivity index (χ0n) is 8.98. The number of carbonyl (C=O) groups excluding carboxylic acids is 1. The zero-order chi connectivity index (χ0) is 11.9. The highest BCUT2D eigenvalue weighted by atomic mass is 16.5. The van der Waals surface area contributed by atoms with Crippen molar-refractivity contribution in [2.75, 3.05) is 7.11 Å². The number of carbonyl (C=O) groups is 1. The Morgan fingerprint density at radius 2 is 2.12 bits per heavy atom. The van der Waals surface area contributed by atoms with Gasteiger partial charge in [0.2, 0.25) is 0 Å². The highest BCUT2D eigenvalue weighted by Gasteiger charge is 2.31. The summed E-state index contributed by atoms with van der Waals surface area (Å²) in [5, 5.41) is 19.2. The smallest absolute Gasteiger partial charge is 0.342 e. The Hall–Kier alpha value is -1.91. The first-order chi connectivity index (χ1) is 7.54. The lowest BCUT2D eigenvalue weighted by Crippen LogP contribution is -2.25. The minimum absolute atomic E-state index is 0.0460. The molecule has 5 heteroatoms. The predicted molar refractivity (Wildman–Crippen MR) is 54.9 cm³/mol. The van der Waals surface area contributed by atoms with E-state index in [1.165, 1.54) is 13.2 Å². The predicted octanol–water partition coefficient (Wildman–Crippen LogP) is 1.21. The monoisotopic (exact) mass is 224 g/mol. The van der Waals surface area contributed by atoms with Crippen LogP contribution in [-0.2, 0) is 11.2 Å². The molecule has 0 spiro atoms. The van der Waals surface area contributed by atoms with Crippen LogP contribution < -0.4 is 4.74 Å². The summed E-state index contributed by atoms with van der Waals surface area (Å²) in [6.45, 7) is 1.74. The van der Waals surface area contributed by atoms with E-state index in [9.17, 15) is 15.0 Å². The van der Waals surface area contributed by atoms with Gasteiger partial charge in [-0.15, -0.1) is 0 Å². The highest BCUT2D eigenvalue weighted by Crippen LogP contribution is 2.41. The molecule has 1 aliphatic heterocycles. The molecule has 1 aliphatic rings. The van der Waals surface area contributed by atoms with Gasteiger partial charge in [0, 0.05) is 18.1 Å². The van der Waals surface area contributed by atoms with Crippen molar-refractivity contribution in [3.05, 3.63) is 17.2 Å². The van der Waals surface area contributed by atoms with Gasteiger partial charge in [-0.1, -0.05) is 0 Å². The molecule has 0 radical (unpaired) electrons. The van der Waals surface area contributed by atoms with E-state index in [4.69, 9.17) is 9.47 Å². The zero-order valence-corrected chi connectivity index (χ0v) is 8.98. The van der Waals surface area contributed by atoms with Gasteiger partial charge in [0.1, 0.15) is 17.4 Å². The summed E-state index contributed by atoms with van der Waals surface area (Å²) in [5.41, 5.74) is 0.566. The number of hydrogen-bond acceptors (Lipinski definition) is 5. The second-order valence-corrected chi connectivity index (χ2v) is 3.72. The number of methoxy groups -OCH3 is 1. The van der Waals surface area contributed by atoms with Crippen molar-refractivity contribution in [2.24, 2.45) is 0 Å². The lowest BCUT2D eigenvalue weighted by molar-refractivity contribution is 0.0292. The van der Waals surface area contributed by atoms with Crippen molar-refractivity contribution in [1.82, 2.24) is 0 Å². The standard InChI is InChI=1S/C11H12O5/c1-5-3-6-7(12)4-8(13)10(15-2)9(6)11(14)16-5/h4-5,12-13H,3H2,1-2H3/t5-/m0/s1. The van der Waals surface area contributed by atoms with Crippen LogP contribution in [0.3, 0.4) is 0 Å². The lowest BCUT2D eigenvalue weighted by Gasteiger charge is -2.24. The van der Waals surface area contributed by atoms with Crippen molar-refractivity contribution in [3.8, 4) is 17.2 Å². The van der Waals surface area contributed by atoms with Gasteiger partial charge < -0.3 is 19.7 Å². The summed E-state index contributed by atoms with van der Waals surface area (Å²) in [6.07, 6.45) is 0.115. The highest BCUT2D eigenvalue weighted by molar-refractivity contribution is 5.97. The van der Waals surface area contributed by atoms with Gasteiger partial charge in [-0.05, 0) is 6.92 Å². The first-order valence-corrected chi connectivity index (χ1v) is 4.87. The molecule has 1 aromatic carbocycles. The number of phenolic OH excluding ortho intramolecular Hbond substituents is 2. The number of phenols is 2. The van der Waals surface area contributed by atoms with Crippen molar-refractivity contribution >= 4 is 5.97 Å². The molecule has 5 nitrogen and oxygen atoms in total. The van der Waals surface area contributed by atoms with Crippen molar-refractivity contribution in [2.45, 2.75) is 19.4 Å². The van der Waals surface area contributed by atoms with Gasteiger partial charge in [-0.25, -0.2) is 4.79 Å². The third kappa shape index (κ3) is 1.44. The third-order valence-corrected chi connectivity index (χ3v) is 2.55. The normalized spacial score (nSPS) is 18.9. The maximum Gasteiger partial charge on any atom is 0.342 e. The summed E-state index contributed by atoms with van der Waals surface area (Å²) in [5.74, 6) is -0.927. The fourth-order valence-electron chi connectivity index (χ4n) is 1.88. The van der Waals surface area contributed by atoms with Gasteiger partial charge in [0.15, 0.2) is 11.5 Å². The number of fused-ring (bicyclic) bond motifs is 1. The minimum atomic E-state index is -0.586. The SMILES string of the molecule is COc1c(O)cc(O)c2c1C(=O)O[C@@H](C)C2. The molecule has 1 heterocycles. The fourth-order valence-corrected chi connectivity index (χ4v) is 1.88.